The fourth-order valence-corrected chi connectivity index (χ4v) is 1.73. The molecule has 0 amide bonds. The number of hydrogen-bond acceptors (Lipinski definition) is 1. The molecule has 0 saturated heterocycles. The third-order valence-corrected chi connectivity index (χ3v) is 2.35. The van der Waals surface area contributed by atoms with Crippen LogP contribution in [0.1, 0.15) is 23.7 Å². The van der Waals surface area contributed by atoms with E-state index in [4.69, 9.17) is 0 Å². The molecular formula is C10H12FN. The molecule has 1 aromatic rings. The Hall–Kier alpha value is -1.05. The predicted octanol–water partition coefficient (Wildman–Crippen LogP) is 2.82. The topological polar surface area (TPSA) is 12.0 Å². The summed E-state index contributed by atoms with van der Waals surface area (Å²) in [5, 5.41) is 3.19. The molecule has 1 aromatic carbocycles. The van der Waals surface area contributed by atoms with Gasteiger partial charge >= 0.3 is 0 Å². The Morgan fingerprint density at radius 1 is 1.50 bits per heavy atom. The van der Waals surface area contributed by atoms with Crippen molar-refractivity contribution in [1.82, 2.24) is 0 Å². The van der Waals surface area contributed by atoms with E-state index >= 15 is 0 Å². The Kier molecular flexibility index (Phi) is 1.75. The SMILES string of the molecule is Cc1cccc2c1C(F)CCN2. The van der Waals surface area contributed by atoms with Crippen LogP contribution in [0.3, 0.4) is 0 Å². The van der Waals surface area contributed by atoms with E-state index in [9.17, 15) is 4.39 Å². The summed E-state index contributed by atoms with van der Waals surface area (Å²) in [6.45, 7) is 2.70. The highest BCUT2D eigenvalue weighted by molar-refractivity contribution is 5.57. The van der Waals surface area contributed by atoms with E-state index in [2.05, 4.69) is 5.32 Å². The molecular weight excluding hydrogens is 153 g/mol. The summed E-state index contributed by atoms with van der Waals surface area (Å²) >= 11 is 0. The minimum absolute atomic E-state index is 0.595. The molecule has 2 heteroatoms. The van der Waals surface area contributed by atoms with Crippen molar-refractivity contribution in [3.63, 3.8) is 0 Å². The third kappa shape index (κ3) is 1.07. The average Bonchev–Trinajstić information content (AvgIpc) is 2.04. The van der Waals surface area contributed by atoms with Gasteiger partial charge in [0, 0.05) is 24.2 Å². The lowest BCUT2D eigenvalue weighted by molar-refractivity contribution is 0.323. The average molecular weight is 165 g/mol. The lowest BCUT2D eigenvalue weighted by Gasteiger charge is -2.22. The molecule has 12 heavy (non-hydrogen) atoms. The number of aryl methyl sites for hydroxylation is 1. The van der Waals surface area contributed by atoms with Crippen LogP contribution in [0.4, 0.5) is 10.1 Å². The van der Waals surface area contributed by atoms with Gasteiger partial charge in [0.15, 0.2) is 0 Å². The van der Waals surface area contributed by atoms with Gasteiger partial charge in [-0.05, 0) is 18.6 Å². The smallest absolute Gasteiger partial charge is 0.129 e. The van der Waals surface area contributed by atoms with Crippen LogP contribution in [-0.2, 0) is 0 Å². The summed E-state index contributed by atoms with van der Waals surface area (Å²) in [5.41, 5.74) is 2.87. The number of anilines is 1. The third-order valence-electron chi connectivity index (χ3n) is 2.35. The molecule has 0 spiro atoms. The maximum Gasteiger partial charge on any atom is 0.129 e. The van der Waals surface area contributed by atoms with Gasteiger partial charge in [0.1, 0.15) is 6.17 Å². The summed E-state index contributed by atoms with van der Waals surface area (Å²) in [4.78, 5) is 0. The first kappa shape index (κ1) is 7.59. The van der Waals surface area contributed by atoms with Gasteiger partial charge in [-0.3, -0.25) is 0 Å². The first-order valence-electron chi connectivity index (χ1n) is 4.26. The normalized spacial score (nSPS) is 21.3. The van der Waals surface area contributed by atoms with Crippen LogP contribution >= 0.6 is 0 Å². The van der Waals surface area contributed by atoms with E-state index in [-0.39, 0.29) is 0 Å². The summed E-state index contributed by atoms with van der Waals surface area (Å²) in [7, 11) is 0. The van der Waals surface area contributed by atoms with Gasteiger partial charge in [0.25, 0.3) is 0 Å². The zero-order valence-electron chi connectivity index (χ0n) is 7.10. The minimum Gasteiger partial charge on any atom is -0.385 e. The van der Waals surface area contributed by atoms with Crippen molar-refractivity contribution in [3.05, 3.63) is 29.3 Å². The predicted molar refractivity (Wildman–Crippen MR) is 48.1 cm³/mol. The van der Waals surface area contributed by atoms with Crippen LogP contribution in [0.25, 0.3) is 0 Å². The molecule has 1 heterocycles. The summed E-state index contributed by atoms with van der Waals surface area (Å²) < 4.78 is 13.4. The number of alkyl halides is 1. The van der Waals surface area contributed by atoms with Crippen LogP contribution < -0.4 is 5.32 Å². The van der Waals surface area contributed by atoms with Gasteiger partial charge < -0.3 is 5.32 Å². The Morgan fingerprint density at radius 3 is 3.08 bits per heavy atom. The van der Waals surface area contributed by atoms with E-state index in [0.29, 0.717) is 6.42 Å². The summed E-state index contributed by atoms with van der Waals surface area (Å²) in [5.74, 6) is 0. The van der Waals surface area contributed by atoms with Crippen LogP contribution in [0.2, 0.25) is 0 Å². The molecule has 0 radical (unpaired) electrons. The van der Waals surface area contributed by atoms with Crippen molar-refractivity contribution in [1.29, 1.82) is 0 Å². The molecule has 1 N–H and O–H groups in total. The second-order valence-electron chi connectivity index (χ2n) is 3.22. The van der Waals surface area contributed by atoms with E-state index in [1.165, 1.54) is 0 Å². The molecule has 0 fully saturated rings. The lowest BCUT2D eigenvalue weighted by atomic mass is 9.97. The van der Waals surface area contributed by atoms with E-state index in [0.717, 1.165) is 23.4 Å². The Balaban J connectivity index is 2.53. The van der Waals surface area contributed by atoms with Crippen molar-refractivity contribution >= 4 is 5.69 Å². The van der Waals surface area contributed by atoms with Crippen LogP contribution in [0.5, 0.6) is 0 Å². The monoisotopic (exact) mass is 165 g/mol. The Labute approximate surface area is 71.6 Å². The summed E-state index contributed by atoms with van der Waals surface area (Å²) in [6.07, 6.45) is -0.180. The van der Waals surface area contributed by atoms with Gasteiger partial charge in [-0.1, -0.05) is 12.1 Å². The fraction of sp³-hybridized carbons (Fsp3) is 0.400. The Morgan fingerprint density at radius 2 is 2.33 bits per heavy atom. The van der Waals surface area contributed by atoms with Crippen LogP contribution in [-0.4, -0.2) is 6.54 Å². The molecule has 0 saturated carbocycles. The van der Waals surface area contributed by atoms with Crippen molar-refractivity contribution in [2.24, 2.45) is 0 Å². The van der Waals surface area contributed by atoms with Crippen molar-refractivity contribution in [2.75, 3.05) is 11.9 Å². The molecule has 0 bridgehead atoms. The molecule has 1 nitrogen and oxygen atoms in total. The molecule has 1 atom stereocenters. The molecule has 1 unspecified atom stereocenters. The molecule has 64 valence electrons. The number of rotatable bonds is 0. The minimum atomic E-state index is -0.776. The first-order chi connectivity index (χ1) is 5.79. The van der Waals surface area contributed by atoms with Gasteiger partial charge in [0.05, 0.1) is 0 Å². The van der Waals surface area contributed by atoms with E-state index in [1.54, 1.807) is 0 Å². The highest BCUT2D eigenvalue weighted by Gasteiger charge is 2.20. The second-order valence-corrected chi connectivity index (χ2v) is 3.22. The maximum atomic E-state index is 13.4. The number of nitrogens with one attached hydrogen (secondary N) is 1. The number of fused-ring (bicyclic) bond motifs is 1. The number of benzene rings is 1. The number of halogens is 1. The van der Waals surface area contributed by atoms with Gasteiger partial charge in [0.2, 0.25) is 0 Å². The highest BCUT2D eigenvalue weighted by atomic mass is 19.1. The number of hydrogen-bond donors (Lipinski definition) is 1. The largest absolute Gasteiger partial charge is 0.385 e. The summed E-state index contributed by atoms with van der Waals surface area (Å²) in [6, 6.07) is 5.85. The van der Waals surface area contributed by atoms with Crippen molar-refractivity contribution in [2.45, 2.75) is 19.5 Å². The van der Waals surface area contributed by atoms with Crippen molar-refractivity contribution < 1.29 is 4.39 Å². The first-order valence-corrected chi connectivity index (χ1v) is 4.26. The van der Waals surface area contributed by atoms with Gasteiger partial charge in [-0.15, -0.1) is 0 Å². The van der Waals surface area contributed by atoms with Crippen molar-refractivity contribution in [3.8, 4) is 0 Å². The second kappa shape index (κ2) is 2.77. The Bertz CT molecular complexity index is 296. The molecule has 1 aliphatic heterocycles. The van der Waals surface area contributed by atoms with Crippen LogP contribution in [0.15, 0.2) is 18.2 Å². The standard InChI is InChI=1S/C10H12FN/c1-7-3-2-4-9-10(7)8(11)5-6-12-9/h2-4,8,12H,5-6H2,1H3. The lowest BCUT2D eigenvalue weighted by Crippen LogP contribution is -2.15. The van der Waals surface area contributed by atoms with E-state index in [1.807, 2.05) is 25.1 Å². The van der Waals surface area contributed by atoms with Gasteiger partial charge in [-0.25, -0.2) is 4.39 Å². The molecule has 0 aliphatic carbocycles. The van der Waals surface area contributed by atoms with Gasteiger partial charge in [-0.2, -0.15) is 0 Å². The quantitative estimate of drug-likeness (QED) is 0.623. The molecule has 0 aromatic heterocycles. The van der Waals surface area contributed by atoms with Crippen LogP contribution in [0, 0.1) is 6.92 Å². The zero-order valence-corrected chi connectivity index (χ0v) is 7.10. The highest BCUT2D eigenvalue weighted by Crippen LogP contribution is 2.34. The molecule has 1 aliphatic rings. The fourth-order valence-electron chi connectivity index (χ4n) is 1.73. The zero-order chi connectivity index (χ0) is 8.55. The maximum absolute atomic E-state index is 13.4. The molecule has 2 rings (SSSR count). The van der Waals surface area contributed by atoms with E-state index < -0.39 is 6.17 Å².